The Bertz CT molecular complexity index is 1640. The van der Waals surface area contributed by atoms with Crippen LogP contribution in [0.5, 0.6) is 0 Å². The minimum atomic E-state index is -0.791. The van der Waals surface area contributed by atoms with Crippen LogP contribution in [0.15, 0.2) is 122 Å². The molecule has 0 radical (unpaired) electrons. The number of esters is 3. The van der Waals surface area contributed by atoms with Crippen LogP contribution in [0, 0.1) is 0 Å². The predicted octanol–water partition coefficient (Wildman–Crippen LogP) is 22.8. The standard InChI is InChI=1S/C73H122O6/c1-4-7-10-13-16-19-22-25-27-29-30-31-32-33-34-35-36-37-38-39-40-41-42-44-45-48-51-54-57-60-63-66-72(75)78-69-70(68-77-71(74)65-62-59-56-53-50-47-24-21-18-15-12-9-6-3)79-73(76)67-64-61-58-55-52-49-46-43-28-26-23-20-17-14-11-8-5-2/h7,10,16-17,19-21,24-28,30-31,33-34,36-37,39-40,70H,4-6,8-9,11-15,18,22-23,29,32,35,38,41-69H2,1-3H3/b10-7-,19-16-,20-17-,24-21-,27-25-,28-26-,31-30-,34-33-,37-36-,40-39-. The summed E-state index contributed by atoms with van der Waals surface area (Å²) in [6.45, 7) is 6.48. The Hall–Kier alpha value is -4.19. The van der Waals surface area contributed by atoms with E-state index < -0.39 is 6.10 Å². The third-order valence-electron chi connectivity index (χ3n) is 13.9. The first-order valence-electron chi connectivity index (χ1n) is 33.0. The SMILES string of the molecule is CC/C=C\C/C=C\C/C=C\C/C=C\C/C=C\C/C=C\C/C=C\CCCCCCCCCCCC(=O)OCC(COC(=O)CCCCCCC/C=C\CCCCCC)OC(=O)CCCCCCCCC/C=C\C/C=C\CCCCC. The van der Waals surface area contributed by atoms with E-state index in [1.807, 2.05) is 0 Å². The molecule has 0 aliphatic heterocycles. The van der Waals surface area contributed by atoms with Gasteiger partial charge in [-0.05, 0) is 135 Å². The molecule has 0 amide bonds. The van der Waals surface area contributed by atoms with Crippen molar-refractivity contribution in [1.82, 2.24) is 0 Å². The van der Waals surface area contributed by atoms with Crippen LogP contribution in [0.1, 0.15) is 303 Å². The fraction of sp³-hybridized carbons (Fsp3) is 0.685. The summed E-state index contributed by atoms with van der Waals surface area (Å²) in [4.78, 5) is 38.3. The fourth-order valence-corrected chi connectivity index (χ4v) is 8.98. The van der Waals surface area contributed by atoms with E-state index in [0.29, 0.717) is 19.3 Å². The lowest BCUT2D eigenvalue weighted by atomic mass is 10.1. The topological polar surface area (TPSA) is 78.9 Å². The van der Waals surface area contributed by atoms with Crippen molar-refractivity contribution in [3.8, 4) is 0 Å². The minimum Gasteiger partial charge on any atom is -0.462 e. The molecule has 1 atom stereocenters. The average Bonchev–Trinajstić information content (AvgIpc) is 3.45. The lowest BCUT2D eigenvalue weighted by Crippen LogP contribution is -2.30. The molecule has 0 N–H and O–H groups in total. The van der Waals surface area contributed by atoms with Gasteiger partial charge in [0.1, 0.15) is 13.2 Å². The third kappa shape index (κ3) is 64.5. The van der Waals surface area contributed by atoms with E-state index in [4.69, 9.17) is 14.2 Å². The Balaban J connectivity index is 4.30. The minimum absolute atomic E-state index is 0.0880. The van der Waals surface area contributed by atoms with Crippen LogP contribution in [0.25, 0.3) is 0 Å². The molecule has 0 aliphatic carbocycles. The van der Waals surface area contributed by atoms with Crippen LogP contribution >= 0.6 is 0 Å². The lowest BCUT2D eigenvalue weighted by molar-refractivity contribution is -0.167. The highest BCUT2D eigenvalue weighted by Gasteiger charge is 2.19. The lowest BCUT2D eigenvalue weighted by Gasteiger charge is -2.18. The molecule has 79 heavy (non-hydrogen) atoms. The van der Waals surface area contributed by atoms with E-state index in [9.17, 15) is 14.4 Å². The second-order valence-electron chi connectivity index (χ2n) is 21.6. The molecule has 0 saturated carbocycles. The van der Waals surface area contributed by atoms with Gasteiger partial charge in [0.15, 0.2) is 6.10 Å². The van der Waals surface area contributed by atoms with Gasteiger partial charge < -0.3 is 14.2 Å². The third-order valence-corrected chi connectivity index (χ3v) is 13.9. The molecular formula is C73H122O6. The van der Waals surface area contributed by atoms with E-state index >= 15 is 0 Å². The van der Waals surface area contributed by atoms with Gasteiger partial charge >= 0.3 is 17.9 Å². The van der Waals surface area contributed by atoms with Crippen molar-refractivity contribution in [2.24, 2.45) is 0 Å². The largest absolute Gasteiger partial charge is 0.462 e. The number of unbranched alkanes of at least 4 members (excludes halogenated alkanes) is 28. The van der Waals surface area contributed by atoms with Crippen molar-refractivity contribution >= 4 is 17.9 Å². The first-order valence-corrected chi connectivity index (χ1v) is 33.0. The number of allylic oxidation sites excluding steroid dienone is 20. The van der Waals surface area contributed by atoms with Gasteiger partial charge in [0.05, 0.1) is 0 Å². The Morgan fingerprint density at radius 2 is 0.494 bits per heavy atom. The summed E-state index contributed by atoms with van der Waals surface area (Å²) in [5, 5.41) is 0. The quantitative estimate of drug-likeness (QED) is 0.0261. The molecule has 6 nitrogen and oxygen atoms in total. The predicted molar refractivity (Wildman–Crippen MR) is 343 cm³/mol. The molecular weight excluding hydrogens is 973 g/mol. The van der Waals surface area contributed by atoms with Gasteiger partial charge in [0.25, 0.3) is 0 Å². The molecule has 0 aromatic carbocycles. The normalized spacial score (nSPS) is 12.9. The first kappa shape index (κ1) is 74.8. The molecule has 0 spiro atoms. The number of ether oxygens (including phenoxy) is 3. The zero-order valence-electron chi connectivity index (χ0n) is 51.6. The molecule has 0 aromatic rings. The molecule has 0 heterocycles. The van der Waals surface area contributed by atoms with Gasteiger partial charge in [-0.2, -0.15) is 0 Å². The number of rotatable bonds is 59. The molecule has 0 fully saturated rings. The summed E-state index contributed by atoms with van der Waals surface area (Å²) in [5.41, 5.74) is 0. The maximum Gasteiger partial charge on any atom is 0.306 e. The summed E-state index contributed by atoms with van der Waals surface area (Å²) < 4.78 is 16.9. The summed E-state index contributed by atoms with van der Waals surface area (Å²) >= 11 is 0. The smallest absolute Gasteiger partial charge is 0.306 e. The number of hydrogen-bond acceptors (Lipinski definition) is 6. The van der Waals surface area contributed by atoms with E-state index in [0.717, 1.165) is 128 Å². The molecule has 0 bridgehead atoms. The van der Waals surface area contributed by atoms with Gasteiger partial charge in [-0.1, -0.05) is 271 Å². The molecule has 0 aromatic heterocycles. The highest BCUT2D eigenvalue weighted by molar-refractivity contribution is 5.71. The highest BCUT2D eigenvalue weighted by Crippen LogP contribution is 2.15. The number of carbonyl (C=O) groups excluding carboxylic acids is 3. The Kier molecular flexibility index (Phi) is 62.8. The Morgan fingerprint density at radius 1 is 0.266 bits per heavy atom. The molecule has 0 saturated heterocycles. The van der Waals surface area contributed by atoms with Gasteiger partial charge in [-0.25, -0.2) is 0 Å². The van der Waals surface area contributed by atoms with Crippen LogP contribution in [0.2, 0.25) is 0 Å². The van der Waals surface area contributed by atoms with Crippen LogP contribution in [0.3, 0.4) is 0 Å². The Morgan fingerprint density at radius 3 is 0.810 bits per heavy atom. The van der Waals surface area contributed by atoms with Crippen LogP contribution in [-0.2, 0) is 28.6 Å². The van der Waals surface area contributed by atoms with Crippen molar-refractivity contribution in [1.29, 1.82) is 0 Å². The monoisotopic (exact) mass is 1090 g/mol. The van der Waals surface area contributed by atoms with Crippen molar-refractivity contribution in [2.75, 3.05) is 13.2 Å². The zero-order chi connectivity index (χ0) is 57.1. The van der Waals surface area contributed by atoms with E-state index in [2.05, 4.69) is 142 Å². The van der Waals surface area contributed by atoms with Crippen molar-refractivity contribution in [2.45, 2.75) is 309 Å². The maximum absolute atomic E-state index is 12.9. The zero-order valence-corrected chi connectivity index (χ0v) is 51.6. The first-order chi connectivity index (χ1) is 39.0. The fourth-order valence-electron chi connectivity index (χ4n) is 8.98. The second kappa shape index (κ2) is 66.3. The van der Waals surface area contributed by atoms with Crippen molar-refractivity contribution < 1.29 is 28.6 Å². The van der Waals surface area contributed by atoms with E-state index in [-0.39, 0.29) is 31.1 Å². The second-order valence-corrected chi connectivity index (χ2v) is 21.6. The molecule has 6 heteroatoms. The van der Waals surface area contributed by atoms with Crippen LogP contribution < -0.4 is 0 Å². The number of carbonyl (C=O) groups is 3. The average molecular weight is 1100 g/mol. The molecule has 0 rings (SSSR count). The van der Waals surface area contributed by atoms with Gasteiger partial charge in [-0.3, -0.25) is 14.4 Å². The number of hydrogen-bond donors (Lipinski definition) is 0. The van der Waals surface area contributed by atoms with Gasteiger partial charge in [0, 0.05) is 19.3 Å². The molecule has 1 unspecified atom stereocenters. The van der Waals surface area contributed by atoms with Gasteiger partial charge in [-0.15, -0.1) is 0 Å². The van der Waals surface area contributed by atoms with Crippen molar-refractivity contribution in [3.63, 3.8) is 0 Å². The summed E-state index contributed by atoms with van der Waals surface area (Å²) in [6.07, 6.45) is 92.0. The summed E-state index contributed by atoms with van der Waals surface area (Å²) in [5.74, 6) is -0.904. The molecule has 450 valence electrons. The van der Waals surface area contributed by atoms with Gasteiger partial charge in [0.2, 0.25) is 0 Å². The van der Waals surface area contributed by atoms with Crippen LogP contribution in [-0.4, -0.2) is 37.2 Å². The van der Waals surface area contributed by atoms with E-state index in [1.54, 1.807) is 0 Å². The van der Waals surface area contributed by atoms with E-state index in [1.165, 1.54) is 135 Å². The molecule has 0 aliphatic rings. The highest BCUT2D eigenvalue weighted by atomic mass is 16.6. The van der Waals surface area contributed by atoms with Crippen LogP contribution in [0.4, 0.5) is 0 Å². The Labute approximate surface area is 488 Å². The van der Waals surface area contributed by atoms with Crippen molar-refractivity contribution in [3.05, 3.63) is 122 Å². The maximum atomic E-state index is 12.9. The summed E-state index contributed by atoms with van der Waals surface area (Å²) in [6, 6.07) is 0. The summed E-state index contributed by atoms with van der Waals surface area (Å²) in [7, 11) is 0.